The molecule has 0 atom stereocenters. The fraction of sp³-hybridized carbons (Fsp3) is 0.263. The Labute approximate surface area is 149 Å². The molecule has 0 aliphatic carbocycles. The van der Waals surface area contributed by atoms with Crippen LogP contribution in [0.15, 0.2) is 47.8 Å². The lowest BCUT2D eigenvalue weighted by molar-refractivity contribution is 0.0693. The highest BCUT2D eigenvalue weighted by atomic mass is 32.1. The van der Waals surface area contributed by atoms with E-state index in [0.717, 1.165) is 28.6 Å². The Morgan fingerprint density at radius 1 is 1.12 bits per heavy atom. The monoisotopic (exact) mass is 353 g/mol. The van der Waals surface area contributed by atoms with E-state index in [-0.39, 0.29) is 17.9 Å². The van der Waals surface area contributed by atoms with Gasteiger partial charge in [0.2, 0.25) is 0 Å². The topological polar surface area (TPSA) is 65.2 Å². The molecule has 1 aromatic carbocycles. The van der Waals surface area contributed by atoms with Crippen molar-refractivity contribution in [2.45, 2.75) is 18.9 Å². The molecule has 4 rings (SSSR count). The Morgan fingerprint density at radius 3 is 2.64 bits per heavy atom. The second-order valence-electron chi connectivity index (χ2n) is 6.29. The van der Waals surface area contributed by atoms with Gasteiger partial charge in [0.1, 0.15) is 5.69 Å². The first kappa shape index (κ1) is 15.9. The van der Waals surface area contributed by atoms with Crippen LogP contribution < -0.4 is 5.32 Å². The zero-order valence-electron chi connectivity index (χ0n) is 13.7. The summed E-state index contributed by atoms with van der Waals surface area (Å²) in [7, 11) is 0. The number of likely N-dealkylation sites (tertiary alicyclic amines) is 1. The fourth-order valence-corrected chi connectivity index (χ4v) is 3.88. The standard InChI is InChI=1S/C19H19N3O2S/c23-18(17-6-3-11-25-17)20-14-7-9-22(10-8-14)19(24)16-12-13-4-1-2-5-15(13)21-16/h1-6,11-12,14,21H,7-10H2,(H,20,23). The molecule has 0 saturated carbocycles. The number of hydrogen-bond acceptors (Lipinski definition) is 3. The zero-order chi connectivity index (χ0) is 17.2. The van der Waals surface area contributed by atoms with Crippen molar-refractivity contribution in [2.24, 2.45) is 0 Å². The number of piperidine rings is 1. The molecule has 2 N–H and O–H groups in total. The van der Waals surface area contributed by atoms with Gasteiger partial charge in [-0.2, -0.15) is 0 Å². The Kier molecular flexibility index (Phi) is 4.28. The number of fused-ring (bicyclic) bond motifs is 1. The van der Waals surface area contributed by atoms with Crippen molar-refractivity contribution in [3.05, 3.63) is 58.4 Å². The van der Waals surface area contributed by atoms with E-state index >= 15 is 0 Å². The van der Waals surface area contributed by atoms with Crippen molar-refractivity contribution >= 4 is 34.1 Å². The van der Waals surface area contributed by atoms with Crippen LogP contribution in [-0.2, 0) is 0 Å². The van der Waals surface area contributed by atoms with E-state index in [2.05, 4.69) is 10.3 Å². The molecule has 6 heteroatoms. The summed E-state index contributed by atoms with van der Waals surface area (Å²) in [6.45, 7) is 1.31. The number of carbonyl (C=O) groups is 2. The minimum absolute atomic E-state index is 0.0182. The predicted molar refractivity (Wildman–Crippen MR) is 99.0 cm³/mol. The SMILES string of the molecule is O=C(NC1CCN(C(=O)c2cc3ccccc3[nH]2)CC1)c1cccs1. The number of carbonyl (C=O) groups excluding carboxylic acids is 2. The normalized spacial score (nSPS) is 15.4. The molecule has 25 heavy (non-hydrogen) atoms. The Bertz CT molecular complexity index is 859. The number of amides is 2. The highest BCUT2D eigenvalue weighted by Gasteiger charge is 2.25. The first-order valence-corrected chi connectivity index (χ1v) is 9.30. The molecule has 0 spiro atoms. The summed E-state index contributed by atoms with van der Waals surface area (Å²) in [6, 6.07) is 13.6. The number of benzene rings is 1. The fourth-order valence-electron chi connectivity index (χ4n) is 3.25. The Morgan fingerprint density at radius 2 is 1.92 bits per heavy atom. The third-order valence-electron chi connectivity index (χ3n) is 4.62. The second-order valence-corrected chi connectivity index (χ2v) is 7.24. The molecule has 1 saturated heterocycles. The predicted octanol–water partition coefficient (Wildman–Crippen LogP) is 3.26. The number of H-pyrrole nitrogens is 1. The highest BCUT2D eigenvalue weighted by molar-refractivity contribution is 7.12. The van der Waals surface area contributed by atoms with Crippen molar-refractivity contribution in [1.82, 2.24) is 15.2 Å². The minimum atomic E-state index is -0.0182. The molecule has 3 heterocycles. The number of aromatic amines is 1. The van der Waals surface area contributed by atoms with Crippen LogP contribution in [0, 0.1) is 0 Å². The van der Waals surface area contributed by atoms with Crippen LogP contribution in [0.2, 0.25) is 0 Å². The van der Waals surface area contributed by atoms with Gasteiger partial charge >= 0.3 is 0 Å². The van der Waals surface area contributed by atoms with E-state index in [1.54, 1.807) is 0 Å². The summed E-state index contributed by atoms with van der Waals surface area (Å²) in [5.41, 5.74) is 1.60. The van der Waals surface area contributed by atoms with Crippen molar-refractivity contribution in [1.29, 1.82) is 0 Å². The second kappa shape index (κ2) is 6.72. The Balaban J connectivity index is 1.36. The quantitative estimate of drug-likeness (QED) is 0.759. The number of thiophene rings is 1. The van der Waals surface area contributed by atoms with Gasteiger partial charge < -0.3 is 15.2 Å². The Hall–Kier alpha value is -2.60. The van der Waals surface area contributed by atoms with Crippen LogP contribution in [-0.4, -0.2) is 40.8 Å². The number of para-hydroxylation sites is 1. The molecular formula is C19H19N3O2S. The summed E-state index contributed by atoms with van der Waals surface area (Å²) < 4.78 is 0. The molecule has 0 bridgehead atoms. The molecule has 0 radical (unpaired) electrons. The first-order valence-electron chi connectivity index (χ1n) is 8.42. The lowest BCUT2D eigenvalue weighted by atomic mass is 10.0. The summed E-state index contributed by atoms with van der Waals surface area (Å²) >= 11 is 1.44. The largest absolute Gasteiger partial charge is 0.351 e. The van der Waals surface area contributed by atoms with Crippen molar-refractivity contribution < 1.29 is 9.59 Å². The summed E-state index contributed by atoms with van der Waals surface area (Å²) in [4.78, 5) is 30.6. The number of rotatable bonds is 3. The molecule has 1 aliphatic heterocycles. The van der Waals surface area contributed by atoms with Gasteiger partial charge in [0.25, 0.3) is 11.8 Å². The van der Waals surface area contributed by atoms with Crippen molar-refractivity contribution in [2.75, 3.05) is 13.1 Å². The van der Waals surface area contributed by atoms with Crippen LogP contribution in [0.4, 0.5) is 0 Å². The van der Waals surface area contributed by atoms with Crippen LogP contribution in [0.3, 0.4) is 0 Å². The smallest absolute Gasteiger partial charge is 0.270 e. The van der Waals surface area contributed by atoms with Gasteiger partial charge in [-0.05, 0) is 36.4 Å². The summed E-state index contributed by atoms with van der Waals surface area (Å²) in [5.74, 6) is 0.00891. The maximum atomic E-state index is 12.7. The van der Waals surface area contributed by atoms with E-state index in [9.17, 15) is 9.59 Å². The molecule has 3 aromatic rings. The van der Waals surface area contributed by atoms with E-state index in [1.807, 2.05) is 52.7 Å². The molecular weight excluding hydrogens is 334 g/mol. The van der Waals surface area contributed by atoms with Crippen LogP contribution in [0.25, 0.3) is 10.9 Å². The lowest BCUT2D eigenvalue weighted by Crippen LogP contribution is -2.46. The average Bonchev–Trinajstić information content (AvgIpc) is 3.31. The van der Waals surface area contributed by atoms with Gasteiger partial charge in [-0.1, -0.05) is 24.3 Å². The van der Waals surface area contributed by atoms with Crippen LogP contribution in [0.1, 0.15) is 33.0 Å². The zero-order valence-corrected chi connectivity index (χ0v) is 14.5. The molecule has 5 nitrogen and oxygen atoms in total. The average molecular weight is 353 g/mol. The van der Waals surface area contributed by atoms with Gasteiger partial charge in [-0.3, -0.25) is 9.59 Å². The summed E-state index contributed by atoms with van der Waals surface area (Å²) in [5, 5.41) is 6.01. The van der Waals surface area contributed by atoms with Crippen molar-refractivity contribution in [3.63, 3.8) is 0 Å². The number of nitrogens with zero attached hydrogens (tertiary/aromatic N) is 1. The van der Waals surface area contributed by atoms with Gasteiger partial charge in [0.05, 0.1) is 4.88 Å². The third-order valence-corrected chi connectivity index (χ3v) is 5.49. The van der Waals surface area contributed by atoms with Crippen molar-refractivity contribution in [3.8, 4) is 0 Å². The van der Waals surface area contributed by atoms with E-state index in [4.69, 9.17) is 0 Å². The number of aromatic nitrogens is 1. The van der Waals surface area contributed by atoms with E-state index in [0.29, 0.717) is 18.8 Å². The molecule has 0 unspecified atom stereocenters. The lowest BCUT2D eigenvalue weighted by Gasteiger charge is -2.32. The highest BCUT2D eigenvalue weighted by Crippen LogP contribution is 2.19. The van der Waals surface area contributed by atoms with Gasteiger partial charge in [0.15, 0.2) is 0 Å². The maximum absolute atomic E-state index is 12.7. The maximum Gasteiger partial charge on any atom is 0.270 e. The molecule has 1 fully saturated rings. The minimum Gasteiger partial charge on any atom is -0.351 e. The van der Waals surface area contributed by atoms with Gasteiger partial charge in [-0.25, -0.2) is 0 Å². The van der Waals surface area contributed by atoms with Gasteiger partial charge in [0, 0.05) is 30.0 Å². The third kappa shape index (κ3) is 3.30. The molecule has 2 aromatic heterocycles. The number of hydrogen-bond donors (Lipinski definition) is 2. The van der Waals surface area contributed by atoms with Gasteiger partial charge in [-0.15, -0.1) is 11.3 Å². The number of nitrogens with one attached hydrogen (secondary N) is 2. The molecule has 1 aliphatic rings. The van der Waals surface area contributed by atoms with E-state index in [1.165, 1.54) is 11.3 Å². The van der Waals surface area contributed by atoms with E-state index < -0.39 is 0 Å². The first-order chi connectivity index (χ1) is 12.2. The summed E-state index contributed by atoms with van der Waals surface area (Å²) in [6.07, 6.45) is 1.56. The molecule has 2 amide bonds. The molecule has 128 valence electrons. The van der Waals surface area contributed by atoms with Crippen LogP contribution >= 0.6 is 11.3 Å². The van der Waals surface area contributed by atoms with Crippen LogP contribution in [0.5, 0.6) is 0 Å².